The van der Waals surface area contributed by atoms with E-state index in [-0.39, 0.29) is 11.3 Å². The quantitative estimate of drug-likeness (QED) is 0.731. The zero-order valence-corrected chi connectivity index (χ0v) is 11.0. The van der Waals surface area contributed by atoms with Crippen molar-refractivity contribution < 1.29 is 4.79 Å². The van der Waals surface area contributed by atoms with Gasteiger partial charge in [-0.2, -0.15) is 5.26 Å². The Bertz CT molecular complexity index is 478. The zero-order chi connectivity index (χ0) is 13.1. The summed E-state index contributed by atoms with van der Waals surface area (Å²) in [4.78, 5) is 14.1. The van der Waals surface area contributed by atoms with Crippen LogP contribution in [0, 0.1) is 17.2 Å². The van der Waals surface area contributed by atoms with E-state index in [4.69, 9.17) is 16.9 Å². The molecule has 0 N–H and O–H groups in total. The molecular weight excluding hydrogens is 248 g/mol. The van der Waals surface area contributed by atoms with Crippen molar-refractivity contribution in [2.45, 2.75) is 18.7 Å². The van der Waals surface area contributed by atoms with Gasteiger partial charge < -0.3 is 4.90 Å². The van der Waals surface area contributed by atoms with Crippen LogP contribution in [0.5, 0.6) is 0 Å². The molecule has 0 bridgehead atoms. The maximum atomic E-state index is 12.3. The molecule has 1 heterocycles. The van der Waals surface area contributed by atoms with Crippen molar-refractivity contribution in [3.05, 3.63) is 35.4 Å². The predicted octanol–water partition coefficient (Wildman–Crippen LogP) is 2.65. The third-order valence-corrected chi connectivity index (χ3v) is 4.00. The van der Waals surface area contributed by atoms with Crippen molar-refractivity contribution in [1.29, 1.82) is 5.26 Å². The minimum absolute atomic E-state index is 0.0231. The fraction of sp³-hybridized carbons (Fsp3) is 0.429. The lowest BCUT2D eigenvalue weighted by molar-refractivity contribution is 0.0687. The second-order valence-electron chi connectivity index (χ2n) is 4.72. The largest absolute Gasteiger partial charge is 0.338 e. The van der Waals surface area contributed by atoms with Crippen LogP contribution in [0.2, 0.25) is 0 Å². The molecule has 4 heteroatoms. The average Bonchev–Trinajstić information content (AvgIpc) is 2.41. The molecule has 0 spiro atoms. The average molecular weight is 263 g/mol. The Morgan fingerprint density at radius 3 is 2.67 bits per heavy atom. The van der Waals surface area contributed by atoms with Crippen LogP contribution in [0.15, 0.2) is 24.3 Å². The Kier molecular flexibility index (Phi) is 3.88. The maximum Gasteiger partial charge on any atom is 0.253 e. The molecule has 94 valence electrons. The van der Waals surface area contributed by atoms with E-state index < -0.39 is 0 Å². The van der Waals surface area contributed by atoms with Gasteiger partial charge in [-0.15, -0.1) is 11.6 Å². The highest BCUT2D eigenvalue weighted by atomic mass is 35.5. The molecule has 1 fully saturated rings. The number of hydrogen-bond acceptors (Lipinski definition) is 2. The summed E-state index contributed by atoms with van der Waals surface area (Å²) in [7, 11) is 0. The molecule has 2 unspecified atom stereocenters. The molecule has 0 aromatic heterocycles. The number of carbonyl (C=O) groups is 1. The molecular formula is C14H15ClN2O. The van der Waals surface area contributed by atoms with Crippen molar-refractivity contribution in [3.8, 4) is 6.07 Å². The van der Waals surface area contributed by atoms with Crippen molar-refractivity contribution in [1.82, 2.24) is 4.90 Å². The van der Waals surface area contributed by atoms with E-state index in [1.807, 2.05) is 11.0 Å². The van der Waals surface area contributed by atoms with Crippen LogP contribution in [0.25, 0.3) is 0 Å². The van der Waals surface area contributed by atoms with E-state index in [0.717, 1.165) is 6.42 Å². The topological polar surface area (TPSA) is 44.1 Å². The number of benzene rings is 1. The van der Waals surface area contributed by atoms with Crippen molar-refractivity contribution in [2.75, 3.05) is 13.1 Å². The van der Waals surface area contributed by atoms with Gasteiger partial charge in [0.25, 0.3) is 5.91 Å². The Labute approximate surface area is 112 Å². The highest BCUT2D eigenvalue weighted by Crippen LogP contribution is 2.23. The fourth-order valence-electron chi connectivity index (χ4n) is 2.17. The highest BCUT2D eigenvalue weighted by Gasteiger charge is 2.27. The van der Waals surface area contributed by atoms with E-state index in [1.165, 1.54) is 0 Å². The van der Waals surface area contributed by atoms with Crippen molar-refractivity contribution >= 4 is 17.5 Å². The molecule has 1 aromatic rings. The normalized spacial score (nSPS) is 23.5. The molecule has 1 aliphatic rings. The van der Waals surface area contributed by atoms with Gasteiger partial charge in [-0.1, -0.05) is 6.92 Å². The van der Waals surface area contributed by atoms with Gasteiger partial charge in [0.2, 0.25) is 0 Å². The lowest BCUT2D eigenvalue weighted by Gasteiger charge is -2.34. The number of likely N-dealkylation sites (tertiary alicyclic amines) is 1. The van der Waals surface area contributed by atoms with Gasteiger partial charge in [0, 0.05) is 24.0 Å². The van der Waals surface area contributed by atoms with Crippen LogP contribution in [0.4, 0.5) is 0 Å². The monoisotopic (exact) mass is 262 g/mol. The van der Waals surface area contributed by atoms with Crippen molar-refractivity contribution in [3.63, 3.8) is 0 Å². The lowest BCUT2D eigenvalue weighted by Crippen LogP contribution is -2.43. The van der Waals surface area contributed by atoms with Crippen LogP contribution in [-0.4, -0.2) is 29.3 Å². The number of nitriles is 1. The third kappa shape index (κ3) is 2.65. The molecule has 2 atom stereocenters. The molecule has 18 heavy (non-hydrogen) atoms. The number of amides is 1. The van der Waals surface area contributed by atoms with Gasteiger partial charge >= 0.3 is 0 Å². The molecule has 2 rings (SSSR count). The second kappa shape index (κ2) is 5.41. The lowest BCUT2D eigenvalue weighted by atomic mass is 9.98. The first-order valence-corrected chi connectivity index (χ1v) is 6.49. The number of carbonyl (C=O) groups excluding carboxylic acids is 1. The van der Waals surface area contributed by atoms with Gasteiger partial charge in [-0.05, 0) is 36.6 Å². The smallest absolute Gasteiger partial charge is 0.253 e. The number of alkyl halides is 1. The summed E-state index contributed by atoms with van der Waals surface area (Å²) in [6, 6.07) is 8.80. The molecule has 0 aliphatic carbocycles. The Morgan fingerprint density at radius 2 is 2.11 bits per heavy atom. The number of hydrogen-bond donors (Lipinski definition) is 0. The summed E-state index contributed by atoms with van der Waals surface area (Å²) >= 11 is 6.15. The van der Waals surface area contributed by atoms with E-state index in [9.17, 15) is 4.79 Å². The molecule has 1 aromatic carbocycles. The zero-order valence-electron chi connectivity index (χ0n) is 10.3. The van der Waals surface area contributed by atoms with Crippen molar-refractivity contribution in [2.24, 2.45) is 5.92 Å². The van der Waals surface area contributed by atoms with Gasteiger partial charge in [-0.25, -0.2) is 0 Å². The summed E-state index contributed by atoms with van der Waals surface area (Å²) in [6.07, 6.45) is 0.838. The third-order valence-electron chi connectivity index (χ3n) is 3.35. The highest BCUT2D eigenvalue weighted by molar-refractivity contribution is 6.20. The van der Waals surface area contributed by atoms with Crippen LogP contribution in [0.1, 0.15) is 29.3 Å². The number of rotatable bonds is 1. The van der Waals surface area contributed by atoms with E-state index in [0.29, 0.717) is 30.1 Å². The first kappa shape index (κ1) is 12.9. The molecule has 1 aliphatic heterocycles. The second-order valence-corrected chi connectivity index (χ2v) is 5.28. The predicted molar refractivity (Wildman–Crippen MR) is 70.5 cm³/mol. The van der Waals surface area contributed by atoms with Gasteiger partial charge in [0.1, 0.15) is 0 Å². The van der Waals surface area contributed by atoms with E-state index in [1.54, 1.807) is 24.3 Å². The van der Waals surface area contributed by atoms with Gasteiger partial charge in [-0.3, -0.25) is 4.79 Å². The first-order valence-electron chi connectivity index (χ1n) is 6.05. The summed E-state index contributed by atoms with van der Waals surface area (Å²) in [5, 5.41) is 8.88. The number of nitrogens with zero attached hydrogens (tertiary/aromatic N) is 2. The minimum atomic E-state index is 0.0231. The van der Waals surface area contributed by atoms with Gasteiger partial charge in [0.15, 0.2) is 0 Å². The SMILES string of the molecule is CC1CN(C(=O)c2ccc(C#N)cc2)CCC1Cl. The Balaban J connectivity index is 2.09. The molecule has 1 amide bonds. The van der Waals surface area contributed by atoms with Crippen LogP contribution in [-0.2, 0) is 0 Å². The molecule has 3 nitrogen and oxygen atoms in total. The Hall–Kier alpha value is -1.53. The summed E-state index contributed by atoms with van der Waals surface area (Å²) in [6.45, 7) is 3.47. The number of piperidine rings is 1. The standard InChI is InChI=1S/C14H15ClN2O/c1-10-9-17(7-6-13(10)15)14(18)12-4-2-11(8-16)3-5-12/h2-5,10,13H,6-7,9H2,1H3. The maximum absolute atomic E-state index is 12.3. The molecule has 1 saturated heterocycles. The minimum Gasteiger partial charge on any atom is -0.338 e. The number of halogens is 1. The van der Waals surface area contributed by atoms with Crippen LogP contribution >= 0.6 is 11.6 Å². The first-order chi connectivity index (χ1) is 8.61. The molecule has 0 radical (unpaired) electrons. The molecule has 0 saturated carbocycles. The fourth-order valence-corrected chi connectivity index (χ4v) is 2.35. The summed E-state index contributed by atoms with van der Waals surface area (Å²) in [5.74, 6) is 0.345. The van der Waals surface area contributed by atoms with Crippen LogP contribution < -0.4 is 0 Å². The Morgan fingerprint density at radius 1 is 1.44 bits per heavy atom. The summed E-state index contributed by atoms with van der Waals surface area (Å²) in [5.41, 5.74) is 1.20. The van der Waals surface area contributed by atoms with E-state index in [2.05, 4.69) is 6.92 Å². The van der Waals surface area contributed by atoms with Crippen LogP contribution in [0.3, 0.4) is 0 Å². The summed E-state index contributed by atoms with van der Waals surface area (Å²) < 4.78 is 0. The van der Waals surface area contributed by atoms with E-state index >= 15 is 0 Å². The van der Waals surface area contributed by atoms with Gasteiger partial charge in [0.05, 0.1) is 11.6 Å².